The molecule has 3 rings (SSSR count). The summed E-state index contributed by atoms with van der Waals surface area (Å²) in [6, 6.07) is 4.68. The summed E-state index contributed by atoms with van der Waals surface area (Å²) in [7, 11) is 0. The predicted octanol–water partition coefficient (Wildman–Crippen LogP) is 1.41. The molecule has 0 radical (unpaired) electrons. The Labute approximate surface area is 101 Å². The Morgan fingerprint density at radius 2 is 2.22 bits per heavy atom. The van der Waals surface area contributed by atoms with Gasteiger partial charge in [-0.05, 0) is 12.1 Å². The smallest absolute Gasteiger partial charge is 0.262 e. The standard InChI is InChI=1S/C11H9N5O2/c12-6-1-2-7(8(17)5-6)11-15-10(16-18-11)9-13-3-4-14-9/h1-5,17H,12H2,(H,13,14). The SMILES string of the molecule is Nc1ccc(-c2nc(-c3ncc[nH]3)no2)c(O)c1. The number of nitrogen functional groups attached to an aromatic ring is 1. The molecule has 2 heterocycles. The van der Waals surface area contributed by atoms with Crippen LogP contribution in [0.15, 0.2) is 35.1 Å². The lowest BCUT2D eigenvalue weighted by molar-refractivity contribution is 0.425. The number of rotatable bonds is 2. The fourth-order valence-corrected chi connectivity index (χ4v) is 1.55. The molecule has 4 N–H and O–H groups in total. The molecule has 0 fully saturated rings. The summed E-state index contributed by atoms with van der Waals surface area (Å²) in [5.74, 6) is 1.02. The van der Waals surface area contributed by atoms with Crippen LogP contribution in [0.1, 0.15) is 0 Å². The third-order valence-corrected chi connectivity index (χ3v) is 2.39. The van der Waals surface area contributed by atoms with Crippen LogP contribution in [0.2, 0.25) is 0 Å². The molecular weight excluding hydrogens is 234 g/mol. The van der Waals surface area contributed by atoms with Crippen LogP contribution in [-0.4, -0.2) is 25.2 Å². The number of benzene rings is 1. The van der Waals surface area contributed by atoms with Gasteiger partial charge in [0.2, 0.25) is 5.82 Å². The van der Waals surface area contributed by atoms with Crippen molar-refractivity contribution in [3.8, 4) is 28.9 Å². The maximum Gasteiger partial charge on any atom is 0.262 e. The molecule has 0 aliphatic heterocycles. The van der Waals surface area contributed by atoms with Crippen molar-refractivity contribution in [1.29, 1.82) is 0 Å². The van der Waals surface area contributed by atoms with Gasteiger partial charge < -0.3 is 20.3 Å². The van der Waals surface area contributed by atoms with Gasteiger partial charge in [0.05, 0.1) is 5.56 Å². The third-order valence-electron chi connectivity index (χ3n) is 2.39. The van der Waals surface area contributed by atoms with Crippen LogP contribution < -0.4 is 5.73 Å². The number of aromatic hydroxyl groups is 1. The number of hydrogen-bond acceptors (Lipinski definition) is 6. The van der Waals surface area contributed by atoms with E-state index in [-0.39, 0.29) is 11.6 Å². The molecule has 0 saturated heterocycles. The number of nitrogens with one attached hydrogen (secondary N) is 1. The minimum atomic E-state index is -0.00959. The van der Waals surface area contributed by atoms with Crippen LogP contribution in [0, 0.1) is 0 Å². The number of hydrogen-bond donors (Lipinski definition) is 3. The zero-order valence-corrected chi connectivity index (χ0v) is 9.16. The number of nitrogens with zero attached hydrogens (tertiary/aromatic N) is 3. The highest BCUT2D eigenvalue weighted by atomic mass is 16.5. The Kier molecular flexibility index (Phi) is 2.23. The lowest BCUT2D eigenvalue weighted by atomic mass is 10.2. The number of anilines is 1. The van der Waals surface area contributed by atoms with Crippen LogP contribution in [0.3, 0.4) is 0 Å². The van der Waals surface area contributed by atoms with Gasteiger partial charge in [-0.25, -0.2) is 4.98 Å². The molecule has 0 atom stereocenters. The lowest BCUT2D eigenvalue weighted by Gasteiger charge is -1.99. The molecule has 0 spiro atoms. The Balaban J connectivity index is 2.03. The van der Waals surface area contributed by atoms with E-state index in [0.29, 0.717) is 22.9 Å². The van der Waals surface area contributed by atoms with Gasteiger partial charge in [-0.3, -0.25) is 0 Å². The third kappa shape index (κ3) is 1.67. The minimum absolute atomic E-state index is 0.00959. The molecule has 1 aromatic carbocycles. The fourth-order valence-electron chi connectivity index (χ4n) is 1.55. The summed E-state index contributed by atoms with van der Waals surface area (Å²) in [5, 5.41) is 13.5. The van der Waals surface area contributed by atoms with E-state index in [4.69, 9.17) is 10.3 Å². The van der Waals surface area contributed by atoms with Gasteiger partial charge in [0.15, 0.2) is 5.82 Å². The first-order chi connectivity index (χ1) is 8.74. The monoisotopic (exact) mass is 243 g/mol. The van der Waals surface area contributed by atoms with E-state index in [9.17, 15) is 5.11 Å². The number of nitrogens with two attached hydrogens (primary N) is 1. The quantitative estimate of drug-likeness (QED) is 0.586. The van der Waals surface area contributed by atoms with Gasteiger partial charge in [0.1, 0.15) is 5.75 Å². The zero-order chi connectivity index (χ0) is 12.5. The van der Waals surface area contributed by atoms with E-state index in [2.05, 4.69) is 20.1 Å². The molecule has 0 aliphatic carbocycles. The maximum absolute atomic E-state index is 9.75. The second-order valence-electron chi connectivity index (χ2n) is 3.64. The van der Waals surface area contributed by atoms with Crippen LogP contribution in [0.5, 0.6) is 5.75 Å². The van der Waals surface area contributed by atoms with Crippen LogP contribution in [0.4, 0.5) is 5.69 Å². The van der Waals surface area contributed by atoms with Crippen LogP contribution in [-0.2, 0) is 0 Å². The molecule has 90 valence electrons. The normalized spacial score (nSPS) is 10.7. The fraction of sp³-hybridized carbons (Fsp3) is 0. The van der Waals surface area contributed by atoms with Crippen molar-refractivity contribution >= 4 is 5.69 Å². The van der Waals surface area contributed by atoms with Gasteiger partial charge in [0, 0.05) is 24.1 Å². The van der Waals surface area contributed by atoms with E-state index < -0.39 is 0 Å². The molecule has 2 aromatic heterocycles. The Morgan fingerprint density at radius 3 is 2.94 bits per heavy atom. The summed E-state index contributed by atoms with van der Waals surface area (Å²) >= 11 is 0. The Hall–Kier alpha value is -2.83. The van der Waals surface area contributed by atoms with Crippen molar-refractivity contribution in [2.45, 2.75) is 0 Å². The van der Waals surface area contributed by atoms with Crippen molar-refractivity contribution in [3.63, 3.8) is 0 Å². The van der Waals surface area contributed by atoms with E-state index in [1.807, 2.05) is 0 Å². The Morgan fingerprint density at radius 1 is 1.33 bits per heavy atom. The number of aromatic nitrogens is 4. The molecular formula is C11H9N5O2. The summed E-state index contributed by atoms with van der Waals surface area (Å²) < 4.78 is 5.07. The molecule has 7 nitrogen and oxygen atoms in total. The predicted molar refractivity (Wildman–Crippen MR) is 63.4 cm³/mol. The average molecular weight is 243 g/mol. The van der Waals surface area contributed by atoms with Crippen molar-refractivity contribution in [2.24, 2.45) is 0 Å². The number of H-pyrrole nitrogens is 1. The molecule has 0 aliphatic rings. The van der Waals surface area contributed by atoms with Crippen molar-refractivity contribution in [3.05, 3.63) is 30.6 Å². The van der Waals surface area contributed by atoms with E-state index in [1.54, 1.807) is 24.5 Å². The summed E-state index contributed by atoms with van der Waals surface area (Å²) in [6.45, 7) is 0. The van der Waals surface area contributed by atoms with Crippen LogP contribution in [0.25, 0.3) is 23.1 Å². The zero-order valence-electron chi connectivity index (χ0n) is 9.16. The number of phenols is 1. The van der Waals surface area contributed by atoms with E-state index in [1.165, 1.54) is 6.07 Å². The van der Waals surface area contributed by atoms with Crippen LogP contribution >= 0.6 is 0 Å². The van der Waals surface area contributed by atoms with Gasteiger partial charge in [-0.1, -0.05) is 5.16 Å². The van der Waals surface area contributed by atoms with Gasteiger partial charge in [-0.2, -0.15) is 4.98 Å². The van der Waals surface area contributed by atoms with Crippen molar-refractivity contribution in [2.75, 3.05) is 5.73 Å². The molecule has 7 heteroatoms. The molecule has 0 amide bonds. The summed E-state index contributed by atoms with van der Waals surface area (Å²) in [4.78, 5) is 11.0. The maximum atomic E-state index is 9.75. The van der Waals surface area contributed by atoms with E-state index in [0.717, 1.165) is 0 Å². The molecule has 0 saturated carbocycles. The van der Waals surface area contributed by atoms with Crippen molar-refractivity contribution < 1.29 is 9.63 Å². The number of aromatic amines is 1. The van der Waals surface area contributed by atoms with Gasteiger partial charge >= 0.3 is 0 Å². The van der Waals surface area contributed by atoms with E-state index >= 15 is 0 Å². The second-order valence-corrected chi connectivity index (χ2v) is 3.64. The highest BCUT2D eigenvalue weighted by Crippen LogP contribution is 2.30. The van der Waals surface area contributed by atoms with Crippen molar-refractivity contribution in [1.82, 2.24) is 20.1 Å². The largest absolute Gasteiger partial charge is 0.507 e. The highest BCUT2D eigenvalue weighted by molar-refractivity contribution is 5.67. The number of imidazole rings is 1. The second kappa shape index (κ2) is 3.88. The molecule has 18 heavy (non-hydrogen) atoms. The van der Waals surface area contributed by atoms with Gasteiger partial charge in [0.25, 0.3) is 5.89 Å². The van der Waals surface area contributed by atoms with Gasteiger partial charge in [-0.15, -0.1) is 0 Å². The lowest BCUT2D eigenvalue weighted by Crippen LogP contribution is -1.86. The summed E-state index contributed by atoms with van der Waals surface area (Å²) in [5.41, 5.74) is 6.43. The first-order valence-electron chi connectivity index (χ1n) is 5.16. The molecule has 0 unspecified atom stereocenters. The Bertz CT molecular complexity index is 675. The molecule has 0 bridgehead atoms. The summed E-state index contributed by atoms with van der Waals surface area (Å²) in [6.07, 6.45) is 3.25. The highest BCUT2D eigenvalue weighted by Gasteiger charge is 2.15. The minimum Gasteiger partial charge on any atom is -0.507 e. The topological polar surface area (TPSA) is 114 Å². The number of phenolic OH excluding ortho intramolecular Hbond substituents is 1. The molecule has 3 aromatic rings. The first-order valence-corrected chi connectivity index (χ1v) is 5.16. The average Bonchev–Trinajstić information content (AvgIpc) is 2.99. The first kappa shape index (κ1) is 10.3.